The molecule has 0 spiro atoms. The van der Waals surface area contributed by atoms with E-state index in [4.69, 9.17) is 31.5 Å². The molecule has 11 nitrogen and oxygen atoms in total. The first-order chi connectivity index (χ1) is 18.5. The number of nitrogens with two attached hydrogens (primary N) is 1. The predicted molar refractivity (Wildman–Crippen MR) is 144 cm³/mol. The second-order valence-electron chi connectivity index (χ2n) is 8.43. The topological polar surface area (TPSA) is 128 Å². The second-order valence-corrected chi connectivity index (χ2v) is 8.83. The van der Waals surface area contributed by atoms with Crippen LogP contribution in [0.3, 0.4) is 0 Å². The van der Waals surface area contributed by atoms with Crippen molar-refractivity contribution < 1.29 is 27.8 Å². The summed E-state index contributed by atoms with van der Waals surface area (Å²) in [6, 6.07) is 7.39. The number of benzene rings is 2. The number of likely N-dealkylation sites (N-methyl/N-ethyl adjacent to an activating group) is 2. The summed E-state index contributed by atoms with van der Waals surface area (Å²) in [5.74, 6) is -0.332. The summed E-state index contributed by atoms with van der Waals surface area (Å²) in [5, 5.41) is 3.21. The van der Waals surface area contributed by atoms with E-state index in [-0.39, 0.29) is 29.0 Å². The number of nitrogens with zero attached hydrogens (tertiary/aromatic N) is 5. The van der Waals surface area contributed by atoms with Gasteiger partial charge < -0.3 is 35.1 Å². The Morgan fingerprint density at radius 1 is 1.15 bits per heavy atom. The van der Waals surface area contributed by atoms with Gasteiger partial charge in [0.15, 0.2) is 5.75 Å². The van der Waals surface area contributed by atoms with Crippen LogP contribution in [0.25, 0.3) is 5.57 Å². The van der Waals surface area contributed by atoms with Crippen molar-refractivity contribution in [3.05, 3.63) is 53.8 Å². The fourth-order valence-corrected chi connectivity index (χ4v) is 3.54. The summed E-state index contributed by atoms with van der Waals surface area (Å²) in [6.07, 6.45) is 1.16. The van der Waals surface area contributed by atoms with E-state index in [1.165, 1.54) is 19.2 Å². The molecule has 0 radical (unpaired) electrons. The summed E-state index contributed by atoms with van der Waals surface area (Å²) in [7, 11) is 7.00. The first kappa shape index (κ1) is 29.3. The molecule has 0 aliphatic carbocycles. The van der Waals surface area contributed by atoms with Crippen LogP contribution in [-0.4, -0.2) is 73.7 Å². The molecule has 1 amide bonds. The van der Waals surface area contributed by atoms with Gasteiger partial charge in [0.05, 0.1) is 17.8 Å². The third-order valence-electron chi connectivity index (χ3n) is 5.36. The predicted octanol–water partition coefficient (Wildman–Crippen LogP) is 4.17. The Balaban J connectivity index is 1.99. The Kier molecular flexibility index (Phi) is 9.79. The van der Waals surface area contributed by atoms with E-state index >= 15 is 0 Å². The smallest absolute Gasteiger partial charge is 0.387 e. The van der Waals surface area contributed by atoms with Crippen molar-refractivity contribution in [3.63, 3.8) is 0 Å². The zero-order valence-electron chi connectivity index (χ0n) is 21.7. The molecule has 0 aliphatic heterocycles. The Hall–Kier alpha value is -4.23. The minimum atomic E-state index is -3.13. The van der Waals surface area contributed by atoms with E-state index in [1.807, 2.05) is 19.0 Å². The summed E-state index contributed by atoms with van der Waals surface area (Å²) in [4.78, 5) is 27.9. The maximum Gasteiger partial charge on any atom is 0.387 e. The minimum Gasteiger partial charge on any atom is -0.495 e. The monoisotopic (exact) mass is 563 g/mol. The number of methoxy groups -OCH3 is 1. The lowest BCUT2D eigenvalue weighted by molar-refractivity contribution is -0.112. The van der Waals surface area contributed by atoms with E-state index in [0.29, 0.717) is 40.9 Å². The molecule has 208 valence electrons. The molecule has 0 saturated carbocycles. The van der Waals surface area contributed by atoms with Crippen LogP contribution in [0.1, 0.15) is 5.56 Å². The molecule has 0 fully saturated rings. The number of nitrogens with one attached hydrogen (secondary N) is 1. The molecule has 0 aliphatic rings. The molecule has 3 aromatic rings. The van der Waals surface area contributed by atoms with Crippen molar-refractivity contribution in [2.24, 2.45) is 5.73 Å². The van der Waals surface area contributed by atoms with E-state index in [9.17, 15) is 13.6 Å². The number of hydrogen-bond donors (Lipinski definition) is 2. The highest BCUT2D eigenvalue weighted by molar-refractivity contribution is 6.32. The van der Waals surface area contributed by atoms with E-state index in [1.54, 1.807) is 30.1 Å². The third kappa shape index (κ3) is 7.88. The number of carbonyl (C=O) groups excluding carboxylic acids is 1. The van der Waals surface area contributed by atoms with E-state index in [0.717, 1.165) is 6.33 Å². The molecule has 0 bridgehead atoms. The maximum absolute atomic E-state index is 13.4. The van der Waals surface area contributed by atoms with Gasteiger partial charge in [0, 0.05) is 49.1 Å². The molecule has 3 rings (SSSR count). The summed E-state index contributed by atoms with van der Waals surface area (Å²) < 4.78 is 42.4. The van der Waals surface area contributed by atoms with Gasteiger partial charge in [-0.1, -0.05) is 18.2 Å². The summed E-state index contributed by atoms with van der Waals surface area (Å²) >= 11 is 6.04. The molecule has 39 heavy (non-hydrogen) atoms. The van der Waals surface area contributed by atoms with Crippen molar-refractivity contribution in [2.45, 2.75) is 6.61 Å². The quantitative estimate of drug-likeness (QED) is 0.292. The Bertz CT molecular complexity index is 1340. The molecule has 0 unspecified atom stereocenters. The van der Waals surface area contributed by atoms with E-state index < -0.39 is 12.5 Å². The lowest BCUT2D eigenvalue weighted by Gasteiger charge is -2.26. The average Bonchev–Trinajstić information content (AvgIpc) is 2.88. The van der Waals surface area contributed by atoms with Gasteiger partial charge in [-0.3, -0.25) is 4.79 Å². The largest absolute Gasteiger partial charge is 0.495 e. The van der Waals surface area contributed by atoms with Crippen LogP contribution in [0.4, 0.5) is 26.1 Å². The molecule has 3 N–H and O–H groups in total. The summed E-state index contributed by atoms with van der Waals surface area (Å²) in [5.41, 5.74) is 6.23. The van der Waals surface area contributed by atoms with Crippen molar-refractivity contribution in [3.8, 4) is 23.3 Å². The van der Waals surface area contributed by atoms with Crippen LogP contribution >= 0.6 is 11.6 Å². The van der Waals surface area contributed by atoms with Crippen LogP contribution in [0, 0.1) is 0 Å². The highest BCUT2D eigenvalue weighted by Gasteiger charge is 2.21. The number of hydrogen-bond acceptors (Lipinski definition) is 10. The van der Waals surface area contributed by atoms with Crippen molar-refractivity contribution >= 4 is 40.4 Å². The normalized spacial score (nSPS) is 10.9. The van der Waals surface area contributed by atoms with Crippen LogP contribution < -0.4 is 30.2 Å². The number of halogens is 3. The van der Waals surface area contributed by atoms with Crippen LogP contribution in [0.5, 0.6) is 23.3 Å². The number of amides is 1. The zero-order chi connectivity index (χ0) is 28.7. The highest BCUT2D eigenvalue weighted by Crippen LogP contribution is 2.38. The molecule has 1 heterocycles. The standard InChI is InChI=1S/C25H28ClF2N7O4/c1-14(22(29)36)16-11-18(21(39-23(27)28)12-19(16)35(4)9-8-34(2)3)32-24-30-13-31-25(33-24)38-15-6-7-17(26)20(10-15)37-5/h6-7,10-13,23H,1,8-9H2,2-5H3,(H2,29,36)(H,30,31,32,33). The van der Waals surface area contributed by atoms with Gasteiger partial charge in [-0.2, -0.15) is 18.7 Å². The van der Waals surface area contributed by atoms with E-state index in [2.05, 4.69) is 26.8 Å². The van der Waals surface area contributed by atoms with Crippen LogP contribution in [-0.2, 0) is 4.79 Å². The minimum absolute atomic E-state index is 0.0234. The second kappa shape index (κ2) is 13.0. The first-order valence-corrected chi connectivity index (χ1v) is 11.8. The fourth-order valence-electron chi connectivity index (χ4n) is 3.34. The molecular formula is C25H28ClF2N7O4. The van der Waals surface area contributed by atoms with Gasteiger partial charge in [-0.05, 0) is 32.3 Å². The Morgan fingerprint density at radius 3 is 2.54 bits per heavy atom. The molecule has 2 aromatic carbocycles. The number of ether oxygens (including phenoxy) is 3. The number of alkyl halides is 2. The lowest BCUT2D eigenvalue weighted by Crippen LogP contribution is -2.29. The molecular weight excluding hydrogens is 536 g/mol. The van der Waals surface area contributed by atoms with Crippen molar-refractivity contribution in [1.82, 2.24) is 19.9 Å². The molecule has 14 heteroatoms. The molecule has 0 saturated heterocycles. The maximum atomic E-state index is 13.4. The van der Waals surface area contributed by atoms with Crippen LogP contribution in [0.2, 0.25) is 5.02 Å². The van der Waals surface area contributed by atoms with Gasteiger partial charge in [0.1, 0.15) is 17.8 Å². The van der Waals surface area contributed by atoms with Gasteiger partial charge in [-0.25, -0.2) is 4.98 Å². The first-order valence-electron chi connectivity index (χ1n) is 11.4. The number of aromatic nitrogens is 3. The van der Waals surface area contributed by atoms with Gasteiger partial charge >= 0.3 is 12.6 Å². The van der Waals surface area contributed by atoms with Crippen LogP contribution in [0.15, 0.2) is 43.2 Å². The van der Waals surface area contributed by atoms with Crippen molar-refractivity contribution in [2.75, 3.05) is 51.6 Å². The fraction of sp³-hybridized carbons (Fsp3) is 0.280. The average molecular weight is 564 g/mol. The highest BCUT2D eigenvalue weighted by atomic mass is 35.5. The Morgan fingerprint density at radius 2 is 1.90 bits per heavy atom. The lowest BCUT2D eigenvalue weighted by atomic mass is 10.0. The summed E-state index contributed by atoms with van der Waals surface area (Å²) in [6.45, 7) is 1.80. The van der Waals surface area contributed by atoms with Gasteiger partial charge in [0.2, 0.25) is 11.9 Å². The molecule has 1 aromatic heterocycles. The van der Waals surface area contributed by atoms with Gasteiger partial charge in [0.25, 0.3) is 0 Å². The zero-order valence-corrected chi connectivity index (χ0v) is 22.5. The van der Waals surface area contributed by atoms with Crippen molar-refractivity contribution in [1.29, 1.82) is 0 Å². The number of carbonyl (C=O) groups is 1. The number of anilines is 3. The number of rotatable bonds is 13. The third-order valence-corrected chi connectivity index (χ3v) is 5.67. The Labute approximate surface area is 229 Å². The molecule has 0 atom stereocenters. The van der Waals surface area contributed by atoms with Gasteiger partial charge in [-0.15, -0.1) is 0 Å². The number of primary amides is 1. The SMILES string of the molecule is C=C(C(N)=O)c1cc(Nc2ncnc(Oc3ccc(Cl)c(OC)c3)n2)c(OC(F)F)cc1N(C)CCN(C)C.